The minimum Gasteiger partial charge on any atom is -0.358 e. The predicted octanol–water partition coefficient (Wildman–Crippen LogP) is 4.57. The lowest BCUT2D eigenvalue weighted by Gasteiger charge is -2.44. The number of urea groups is 1. The number of rotatable bonds is 6. The van der Waals surface area contributed by atoms with Crippen LogP contribution in [0.15, 0.2) is 18.2 Å². The van der Waals surface area contributed by atoms with Gasteiger partial charge in [-0.05, 0) is 100 Å². The number of aromatic amines is 1. The topological polar surface area (TPSA) is 63.4 Å². The molecule has 36 heavy (non-hydrogen) atoms. The van der Waals surface area contributed by atoms with Crippen LogP contribution in [0.3, 0.4) is 0 Å². The standard InChI is InChI=1S/C27H38F3N5O/c1-17-22-16-35(11-4-9-31-26(36)32-15-20-5-3-10-34(20)2)12-8-18(22)13-24-25(17)21-14-19(27(28,29)30)6-7-23(21)33-24/h6-7,14,17-18,20,22,33H,3-5,8-13,15-16H2,1-2H3,(H2,31,32,36)/t17-,18-,20?,22-/m1/s1. The van der Waals surface area contributed by atoms with E-state index in [2.05, 4.69) is 39.4 Å². The van der Waals surface area contributed by atoms with E-state index < -0.39 is 11.7 Å². The lowest BCUT2D eigenvalue weighted by molar-refractivity contribution is -0.137. The molecule has 198 valence electrons. The summed E-state index contributed by atoms with van der Waals surface area (Å²) in [5.74, 6) is 1.19. The molecule has 0 bridgehead atoms. The van der Waals surface area contributed by atoms with Crippen LogP contribution in [0.2, 0.25) is 0 Å². The van der Waals surface area contributed by atoms with Crippen molar-refractivity contribution in [2.75, 3.05) is 46.3 Å². The van der Waals surface area contributed by atoms with Crippen molar-refractivity contribution in [2.24, 2.45) is 11.8 Å². The fraction of sp³-hybridized carbons (Fsp3) is 0.667. The van der Waals surface area contributed by atoms with Crippen molar-refractivity contribution in [1.29, 1.82) is 0 Å². The Kier molecular flexibility index (Phi) is 7.23. The van der Waals surface area contributed by atoms with Gasteiger partial charge in [-0.3, -0.25) is 0 Å². The SMILES string of the molecule is C[C@H]1c2c([nH]c3ccc(C(F)(F)F)cc23)C[C@H]2CCN(CCCNC(=O)NCC3CCCN3C)C[C@@H]21. The van der Waals surface area contributed by atoms with Crippen LogP contribution >= 0.6 is 0 Å². The van der Waals surface area contributed by atoms with Crippen molar-refractivity contribution >= 4 is 16.9 Å². The minimum absolute atomic E-state index is 0.0972. The molecule has 2 saturated heterocycles. The van der Waals surface area contributed by atoms with Crippen molar-refractivity contribution in [1.82, 2.24) is 25.4 Å². The zero-order valence-corrected chi connectivity index (χ0v) is 21.3. The fourth-order valence-electron chi connectivity index (χ4n) is 6.74. The van der Waals surface area contributed by atoms with E-state index in [1.165, 1.54) is 18.6 Å². The Balaban J connectivity index is 1.14. The third-order valence-corrected chi connectivity index (χ3v) is 8.81. The number of amides is 2. The number of halogens is 3. The van der Waals surface area contributed by atoms with Crippen LogP contribution < -0.4 is 10.6 Å². The van der Waals surface area contributed by atoms with Gasteiger partial charge in [-0.15, -0.1) is 0 Å². The number of hydrogen-bond donors (Lipinski definition) is 3. The highest BCUT2D eigenvalue weighted by atomic mass is 19.4. The summed E-state index contributed by atoms with van der Waals surface area (Å²) < 4.78 is 40.0. The smallest absolute Gasteiger partial charge is 0.358 e. The molecule has 2 amide bonds. The van der Waals surface area contributed by atoms with Gasteiger partial charge in [0, 0.05) is 42.3 Å². The molecule has 1 aliphatic carbocycles. The molecule has 2 aliphatic heterocycles. The Morgan fingerprint density at radius 2 is 2.03 bits per heavy atom. The molecule has 0 saturated carbocycles. The van der Waals surface area contributed by atoms with Crippen molar-refractivity contribution in [3.8, 4) is 0 Å². The molecule has 1 aromatic carbocycles. The van der Waals surface area contributed by atoms with Gasteiger partial charge >= 0.3 is 12.2 Å². The summed E-state index contributed by atoms with van der Waals surface area (Å²) in [5.41, 5.74) is 2.42. The number of carbonyl (C=O) groups excluding carboxylic acids is 1. The Morgan fingerprint density at radius 1 is 1.19 bits per heavy atom. The number of piperidine rings is 1. The summed E-state index contributed by atoms with van der Waals surface area (Å²) in [6, 6.07) is 4.41. The van der Waals surface area contributed by atoms with E-state index >= 15 is 0 Å². The number of benzene rings is 1. The van der Waals surface area contributed by atoms with Crippen molar-refractivity contribution < 1.29 is 18.0 Å². The minimum atomic E-state index is -4.34. The van der Waals surface area contributed by atoms with Crippen LogP contribution in [-0.4, -0.2) is 73.2 Å². The van der Waals surface area contributed by atoms with Gasteiger partial charge < -0.3 is 25.4 Å². The van der Waals surface area contributed by atoms with E-state index in [1.807, 2.05) is 0 Å². The maximum absolute atomic E-state index is 13.3. The van der Waals surface area contributed by atoms with Gasteiger partial charge in [-0.1, -0.05) is 6.92 Å². The Morgan fingerprint density at radius 3 is 2.78 bits per heavy atom. The summed E-state index contributed by atoms with van der Waals surface area (Å²) >= 11 is 0. The normalized spacial score (nSPS) is 27.1. The lowest BCUT2D eigenvalue weighted by Crippen LogP contribution is -2.46. The van der Waals surface area contributed by atoms with Crippen molar-refractivity contribution in [3.63, 3.8) is 0 Å². The number of carbonyl (C=O) groups is 1. The highest BCUT2D eigenvalue weighted by Crippen LogP contribution is 2.46. The summed E-state index contributed by atoms with van der Waals surface area (Å²) in [7, 11) is 2.10. The highest BCUT2D eigenvalue weighted by Gasteiger charge is 2.40. The molecule has 5 rings (SSSR count). The first-order valence-electron chi connectivity index (χ1n) is 13.4. The summed E-state index contributed by atoms with van der Waals surface area (Å²) in [6.45, 7) is 7.51. The zero-order valence-electron chi connectivity index (χ0n) is 21.3. The van der Waals surface area contributed by atoms with E-state index in [4.69, 9.17) is 0 Å². The van der Waals surface area contributed by atoms with Gasteiger partial charge in [-0.2, -0.15) is 13.2 Å². The summed E-state index contributed by atoms with van der Waals surface area (Å²) in [5, 5.41) is 6.70. The number of fused-ring (bicyclic) bond motifs is 4. The van der Waals surface area contributed by atoms with Gasteiger partial charge in [-0.25, -0.2) is 4.79 Å². The molecule has 2 aromatic rings. The molecule has 4 atom stereocenters. The second-order valence-electron chi connectivity index (χ2n) is 11.0. The molecule has 0 spiro atoms. The van der Waals surface area contributed by atoms with Gasteiger partial charge in [0.25, 0.3) is 0 Å². The second kappa shape index (κ2) is 10.2. The van der Waals surface area contributed by atoms with Gasteiger partial charge in [0.05, 0.1) is 5.56 Å². The van der Waals surface area contributed by atoms with Crippen LogP contribution in [0.25, 0.3) is 10.9 Å². The first-order valence-corrected chi connectivity index (χ1v) is 13.4. The maximum atomic E-state index is 13.3. The first kappa shape index (κ1) is 25.4. The quantitative estimate of drug-likeness (QED) is 0.504. The monoisotopic (exact) mass is 505 g/mol. The number of H-pyrrole nitrogens is 1. The maximum Gasteiger partial charge on any atom is 0.416 e. The Bertz CT molecular complexity index is 1080. The fourth-order valence-corrected chi connectivity index (χ4v) is 6.74. The highest BCUT2D eigenvalue weighted by molar-refractivity contribution is 5.86. The molecular formula is C27H38F3N5O. The molecule has 1 aromatic heterocycles. The van der Waals surface area contributed by atoms with Gasteiger partial charge in [0.1, 0.15) is 0 Å². The lowest BCUT2D eigenvalue weighted by atomic mass is 9.68. The third kappa shape index (κ3) is 5.23. The van der Waals surface area contributed by atoms with Crippen molar-refractivity contribution in [2.45, 2.75) is 57.2 Å². The van der Waals surface area contributed by atoms with Crippen LogP contribution in [0.5, 0.6) is 0 Å². The average Bonchev–Trinajstić information content (AvgIpc) is 3.42. The molecule has 3 heterocycles. The average molecular weight is 506 g/mol. The first-order chi connectivity index (χ1) is 17.2. The molecule has 1 unspecified atom stereocenters. The number of hydrogen-bond acceptors (Lipinski definition) is 3. The predicted molar refractivity (Wildman–Crippen MR) is 135 cm³/mol. The second-order valence-corrected chi connectivity index (χ2v) is 11.0. The summed E-state index contributed by atoms with van der Waals surface area (Å²) in [4.78, 5) is 20.3. The zero-order chi connectivity index (χ0) is 25.4. The van der Waals surface area contributed by atoms with E-state index in [-0.39, 0.29) is 11.9 Å². The Labute approximate surface area is 211 Å². The largest absolute Gasteiger partial charge is 0.416 e. The number of alkyl halides is 3. The molecule has 9 heteroatoms. The molecule has 3 aliphatic rings. The summed E-state index contributed by atoms with van der Waals surface area (Å²) in [6.07, 6.45) is 0.882. The number of nitrogens with one attached hydrogen (secondary N) is 3. The molecule has 3 N–H and O–H groups in total. The van der Waals surface area contributed by atoms with E-state index in [9.17, 15) is 18.0 Å². The molecule has 0 radical (unpaired) electrons. The van der Waals surface area contributed by atoms with Crippen LogP contribution in [0.4, 0.5) is 18.0 Å². The number of likely N-dealkylation sites (tertiary alicyclic amines) is 2. The van der Waals surface area contributed by atoms with E-state index in [0.717, 1.165) is 74.0 Å². The van der Waals surface area contributed by atoms with Crippen molar-refractivity contribution in [3.05, 3.63) is 35.0 Å². The third-order valence-electron chi connectivity index (χ3n) is 8.81. The number of nitrogens with zero attached hydrogens (tertiary/aromatic N) is 2. The Hall–Kier alpha value is -2.26. The van der Waals surface area contributed by atoms with E-state index in [0.29, 0.717) is 31.0 Å². The van der Waals surface area contributed by atoms with E-state index in [1.54, 1.807) is 6.07 Å². The molecule has 6 nitrogen and oxygen atoms in total. The van der Waals surface area contributed by atoms with Crippen LogP contribution in [0.1, 0.15) is 55.3 Å². The molecular weight excluding hydrogens is 467 g/mol. The van der Waals surface area contributed by atoms with Gasteiger partial charge in [0.15, 0.2) is 0 Å². The number of likely N-dealkylation sites (N-methyl/N-ethyl adjacent to an activating group) is 1. The molecule has 2 fully saturated rings. The van der Waals surface area contributed by atoms with Gasteiger partial charge in [0.2, 0.25) is 0 Å². The number of aromatic nitrogens is 1. The van der Waals surface area contributed by atoms with Crippen LogP contribution in [-0.2, 0) is 12.6 Å². The van der Waals surface area contributed by atoms with Crippen LogP contribution in [0, 0.1) is 11.8 Å².